The van der Waals surface area contributed by atoms with Crippen LogP contribution in [0.15, 0.2) is 237 Å². The molecule has 0 unspecified atom stereocenters. The fraction of sp³-hybridized carbons (Fsp3) is 0. The Bertz CT molecular complexity index is 2990. The maximum absolute atomic E-state index is 2.53. The van der Waals surface area contributed by atoms with E-state index < -0.39 is 0 Å². The highest BCUT2D eigenvalue weighted by Crippen LogP contribution is 2.52. The Hall–Kier alpha value is -7.48. The van der Waals surface area contributed by atoms with Gasteiger partial charge in [-0.2, -0.15) is 0 Å². The van der Waals surface area contributed by atoms with Crippen LogP contribution in [0.2, 0.25) is 0 Å². The fourth-order valence-corrected chi connectivity index (χ4v) is 8.45. The van der Waals surface area contributed by atoms with E-state index in [4.69, 9.17) is 0 Å². The van der Waals surface area contributed by atoms with Crippen LogP contribution in [0.5, 0.6) is 0 Å². The minimum absolute atomic E-state index is 1.08. The summed E-state index contributed by atoms with van der Waals surface area (Å²) in [5.41, 5.74) is 15.1. The number of hydrogen-bond acceptors (Lipinski definition) is 1. The summed E-state index contributed by atoms with van der Waals surface area (Å²) < 4.78 is 0. The Kier molecular flexibility index (Phi) is 8.95. The standard InChI is InChI=1S/C56H39N/c1-5-20-40(21-6-1)44-28-19-29-45(38-44)55-51-33-15-13-31-49(51)50-32-14-16-34-52(50)56(55)57(54-35-18-17-30-48(54)42-24-9-3-10-25-42)46-36-37-47(41-22-7-2-8-23-41)53(39-46)43-26-11-4-12-27-43/h1-39H. The lowest BCUT2D eigenvalue weighted by molar-refractivity contribution is 1.30. The molecule has 0 spiro atoms. The zero-order chi connectivity index (χ0) is 38.0. The van der Waals surface area contributed by atoms with Gasteiger partial charge in [0.1, 0.15) is 0 Å². The van der Waals surface area contributed by atoms with E-state index in [1.165, 1.54) is 71.6 Å². The highest BCUT2D eigenvalue weighted by atomic mass is 15.1. The molecule has 0 saturated carbocycles. The van der Waals surface area contributed by atoms with E-state index in [0.29, 0.717) is 0 Å². The predicted molar refractivity (Wildman–Crippen MR) is 243 cm³/mol. The van der Waals surface area contributed by atoms with E-state index in [9.17, 15) is 0 Å². The summed E-state index contributed by atoms with van der Waals surface area (Å²) in [6, 6.07) is 85.8. The number of hydrogen-bond donors (Lipinski definition) is 0. The highest BCUT2D eigenvalue weighted by molar-refractivity contribution is 6.23. The lowest BCUT2D eigenvalue weighted by Gasteiger charge is -2.33. The van der Waals surface area contributed by atoms with Gasteiger partial charge < -0.3 is 4.90 Å². The third-order valence-corrected chi connectivity index (χ3v) is 11.0. The van der Waals surface area contributed by atoms with Crippen molar-refractivity contribution in [3.05, 3.63) is 237 Å². The quantitative estimate of drug-likeness (QED) is 0.141. The fourth-order valence-electron chi connectivity index (χ4n) is 8.45. The van der Waals surface area contributed by atoms with Crippen molar-refractivity contribution in [3.8, 4) is 55.6 Å². The van der Waals surface area contributed by atoms with Gasteiger partial charge in [-0.15, -0.1) is 0 Å². The summed E-state index contributed by atoms with van der Waals surface area (Å²) in [7, 11) is 0. The summed E-state index contributed by atoms with van der Waals surface area (Å²) in [4.78, 5) is 2.53. The van der Waals surface area contributed by atoms with E-state index in [0.717, 1.165) is 22.6 Å². The summed E-state index contributed by atoms with van der Waals surface area (Å²) >= 11 is 0. The van der Waals surface area contributed by atoms with Crippen LogP contribution in [0.1, 0.15) is 0 Å². The van der Waals surface area contributed by atoms with Crippen molar-refractivity contribution in [1.29, 1.82) is 0 Å². The van der Waals surface area contributed by atoms with Crippen LogP contribution in [-0.4, -0.2) is 0 Å². The molecule has 0 atom stereocenters. The van der Waals surface area contributed by atoms with Crippen molar-refractivity contribution < 1.29 is 0 Å². The van der Waals surface area contributed by atoms with Gasteiger partial charge >= 0.3 is 0 Å². The van der Waals surface area contributed by atoms with Crippen molar-refractivity contribution in [3.63, 3.8) is 0 Å². The van der Waals surface area contributed by atoms with Gasteiger partial charge in [-0.25, -0.2) is 0 Å². The Balaban J connectivity index is 1.35. The van der Waals surface area contributed by atoms with Gasteiger partial charge in [0.2, 0.25) is 0 Å². The molecule has 0 saturated heterocycles. The van der Waals surface area contributed by atoms with Crippen molar-refractivity contribution in [2.24, 2.45) is 0 Å². The topological polar surface area (TPSA) is 3.24 Å². The van der Waals surface area contributed by atoms with E-state index >= 15 is 0 Å². The lowest BCUT2D eigenvalue weighted by Crippen LogP contribution is -2.14. The van der Waals surface area contributed by atoms with Crippen LogP contribution in [0.3, 0.4) is 0 Å². The third-order valence-electron chi connectivity index (χ3n) is 11.0. The van der Waals surface area contributed by atoms with E-state index in [1.54, 1.807) is 0 Å². The largest absolute Gasteiger partial charge is 0.309 e. The summed E-state index contributed by atoms with van der Waals surface area (Å²) in [5.74, 6) is 0. The summed E-state index contributed by atoms with van der Waals surface area (Å²) in [6.45, 7) is 0. The maximum Gasteiger partial charge on any atom is 0.0625 e. The number of nitrogens with zero attached hydrogens (tertiary/aromatic N) is 1. The molecule has 1 nitrogen and oxygen atoms in total. The molecular formula is C56H39N. The van der Waals surface area contributed by atoms with Gasteiger partial charge in [0, 0.05) is 22.2 Å². The molecule has 268 valence electrons. The number of rotatable bonds is 8. The van der Waals surface area contributed by atoms with Gasteiger partial charge in [0.15, 0.2) is 0 Å². The number of benzene rings is 10. The second-order valence-corrected chi connectivity index (χ2v) is 14.4. The zero-order valence-corrected chi connectivity index (χ0v) is 31.5. The first-order chi connectivity index (χ1) is 28.3. The van der Waals surface area contributed by atoms with E-state index in [1.807, 2.05) is 0 Å². The number of fused-ring (bicyclic) bond motifs is 3. The van der Waals surface area contributed by atoms with Crippen molar-refractivity contribution in [2.75, 3.05) is 4.90 Å². The number of anilines is 3. The average molecular weight is 726 g/mol. The third kappa shape index (κ3) is 6.36. The summed E-state index contributed by atoms with van der Waals surface area (Å²) in [6.07, 6.45) is 0. The SMILES string of the molecule is c1ccc(-c2cccc(-c3c(N(c4ccc(-c5ccccc5)c(-c5ccccc5)c4)c4ccccc4-c4ccccc4)c4ccccc4c4ccccc34)c2)cc1. The second kappa shape index (κ2) is 15.0. The molecule has 0 aliphatic rings. The van der Waals surface area contributed by atoms with Crippen molar-refractivity contribution in [2.45, 2.75) is 0 Å². The van der Waals surface area contributed by atoms with Crippen molar-refractivity contribution >= 4 is 38.6 Å². The molecule has 0 fully saturated rings. The number of para-hydroxylation sites is 1. The van der Waals surface area contributed by atoms with E-state index in [2.05, 4.69) is 241 Å². The van der Waals surface area contributed by atoms with Crippen LogP contribution in [-0.2, 0) is 0 Å². The normalized spacial score (nSPS) is 11.2. The molecule has 10 aromatic carbocycles. The Morgan fingerprint density at radius 2 is 0.702 bits per heavy atom. The molecule has 0 aliphatic carbocycles. The molecule has 57 heavy (non-hydrogen) atoms. The van der Waals surface area contributed by atoms with Gasteiger partial charge in [0.05, 0.1) is 11.4 Å². The first kappa shape index (κ1) is 34.0. The molecule has 0 bridgehead atoms. The van der Waals surface area contributed by atoms with Crippen LogP contribution in [0, 0.1) is 0 Å². The zero-order valence-electron chi connectivity index (χ0n) is 31.5. The molecule has 10 rings (SSSR count). The molecule has 0 radical (unpaired) electrons. The van der Waals surface area contributed by atoms with Crippen LogP contribution < -0.4 is 4.90 Å². The minimum Gasteiger partial charge on any atom is -0.309 e. The highest BCUT2D eigenvalue weighted by Gasteiger charge is 2.26. The van der Waals surface area contributed by atoms with Gasteiger partial charge in [0.25, 0.3) is 0 Å². The minimum atomic E-state index is 1.08. The van der Waals surface area contributed by atoms with Gasteiger partial charge in [-0.05, 0) is 84.9 Å². The van der Waals surface area contributed by atoms with Gasteiger partial charge in [-0.1, -0.05) is 212 Å². The molecule has 0 heterocycles. The molecule has 0 amide bonds. The molecular weight excluding hydrogens is 687 g/mol. The smallest absolute Gasteiger partial charge is 0.0625 e. The molecule has 0 aromatic heterocycles. The first-order valence-corrected chi connectivity index (χ1v) is 19.6. The molecule has 0 N–H and O–H groups in total. The maximum atomic E-state index is 2.53. The Morgan fingerprint density at radius 1 is 0.246 bits per heavy atom. The van der Waals surface area contributed by atoms with Crippen molar-refractivity contribution in [1.82, 2.24) is 0 Å². The van der Waals surface area contributed by atoms with E-state index in [-0.39, 0.29) is 0 Å². The molecule has 10 aromatic rings. The molecule has 0 aliphatic heterocycles. The molecule has 1 heteroatoms. The second-order valence-electron chi connectivity index (χ2n) is 14.4. The predicted octanol–water partition coefficient (Wildman–Crippen LogP) is 15.8. The lowest BCUT2D eigenvalue weighted by atomic mass is 9.88. The van der Waals surface area contributed by atoms with Crippen LogP contribution in [0.4, 0.5) is 17.1 Å². The average Bonchev–Trinajstić information content (AvgIpc) is 3.30. The van der Waals surface area contributed by atoms with Crippen LogP contribution in [0.25, 0.3) is 77.2 Å². The van der Waals surface area contributed by atoms with Crippen LogP contribution >= 0.6 is 0 Å². The Morgan fingerprint density at radius 3 is 1.35 bits per heavy atom. The van der Waals surface area contributed by atoms with Gasteiger partial charge in [-0.3, -0.25) is 0 Å². The Labute approximate surface area is 334 Å². The monoisotopic (exact) mass is 725 g/mol. The first-order valence-electron chi connectivity index (χ1n) is 19.6. The summed E-state index contributed by atoms with van der Waals surface area (Å²) in [5, 5.41) is 4.85.